The van der Waals surface area contributed by atoms with E-state index in [4.69, 9.17) is 0 Å². The molecule has 0 bridgehead atoms. The first kappa shape index (κ1) is 9.51. The van der Waals surface area contributed by atoms with Crippen molar-refractivity contribution in [3.63, 3.8) is 0 Å². The largest absolute Gasteiger partial charge is 0.453 e. The van der Waals surface area contributed by atoms with E-state index in [9.17, 15) is 9.59 Å². The normalized spacial score (nSPS) is 13.0. The van der Waals surface area contributed by atoms with Gasteiger partial charge in [-0.1, -0.05) is 0 Å². The highest BCUT2D eigenvalue weighted by atomic mass is 16.5. The predicted octanol–water partition coefficient (Wildman–Crippen LogP) is 1.36. The highest BCUT2D eigenvalue weighted by Gasteiger charge is 2.17. The Kier molecular flexibility index (Phi) is 2.29. The van der Waals surface area contributed by atoms with Crippen LogP contribution in [0, 0.1) is 0 Å². The molecule has 0 spiro atoms. The van der Waals surface area contributed by atoms with Gasteiger partial charge < -0.3 is 10.1 Å². The fourth-order valence-corrected chi connectivity index (χ4v) is 1.48. The van der Waals surface area contributed by atoms with E-state index < -0.39 is 6.09 Å². The first-order valence-electron chi connectivity index (χ1n) is 4.47. The van der Waals surface area contributed by atoms with Crippen molar-refractivity contribution in [1.82, 2.24) is 0 Å². The number of ether oxygens (including phenoxy) is 1. The molecule has 15 heavy (non-hydrogen) atoms. The van der Waals surface area contributed by atoms with E-state index in [1.54, 1.807) is 18.2 Å². The summed E-state index contributed by atoms with van der Waals surface area (Å²) in [5.41, 5.74) is 2.31. The van der Waals surface area contributed by atoms with Gasteiger partial charge in [0.1, 0.15) is 0 Å². The Labute approximate surface area is 86.4 Å². The number of hydrogen-bond donors (Lipinski definition) is 2. The van der Waals surface area contributed by atoms with Crippen LogP contribution in [0.25, 0.3) is 0 Å². The number of carbonyl (C=O) groups is 2. The van der Waals surface area contributed by atoms with Crippen LogP contribution < -0.4 is 10.6 Å². The number of nitrogens with one attached hydrogen (secondary N) is 2. The standard InChI is InChI=1S/C10H10N2O3/c1-15-10(14)11-7-2-3-8-6(4-7)5-9(13)12-8/h2-4H,5H2,1H3,(H,11,14)(H,12,13). The third-order valence-electron chi connectivity index (χ3n) is 2.16. The molecule has 0 aliphatic carbocycles. The number of hydrogen-bond acceptors (Lipinski definition) is 3. The Balaban J connectivity index is 2.20. The maximum absolute atomic E-state index is 11.1. The minimum atomic E-state index is -0.521. The Morgan fingerprint density at radius 3 is 3.07 bits per heavy atom. The average molecular weight is 206 g/mol. The fourth-order valence-electron chi connectivity index (χ4n) is 1.48. The topological polar surface area (TPSA) is 67.4 Å². The van der Waals surface area contributed by atoms with Gasteiger partial charge in [-0.15, -0.1) is 0 Å². The van der Waals surface area contributed by atoms with Gasteiger partial charge in [-0.3, -0.25) is 10.1 Å². The van der Waals surface area contributed by atoms with Crippen LogP contribution in [0.1, 0.15) is 5.56 Å². The van der Waals surface area contributed by atoms with E-state index >= 15 is 0 Å². The van der Waals surface area contributed by atoms with Gasteiger partial charge in [0, 0.05) is 11.4 Å². The quantitative estimate of drug-likeness (QED) is 0.729. The summed E-state index contributed by atoms with van der Waals surface area (Å²) >= 11 is 0. The third-order valence-corrected chi connectivity index (χ3v) is 2.16. The number of amides is 2. The summed E-state index contributed by atoms with van der Waals surface area (Å²) in [6.45, 7) is 0. The van der Waals surface area contributed by atoms with E-state index in [0.29, 0.717) is 12.1 Å². The minimum Gasteiger partial charge on any atom is -0.453 e. The molecule has 0 radical (unpaired) electrons. The molecule has 1 aromatic carbocycles. The monoisotopic (exact) mass is 206 g/mol. The Morgan fingerprint density at radius 1 is 1.53 bits per heavy atom. The van der Waals surface area contributed by atoms with Crippen molar-refractivity contribution in [2.24, 2.45) is 0 Å². The zero-order valence-corrected chi connectivity index (χ0v) is 8.16. The van der Waals surface area contributed by atoms with Crippen LogP contribution in [0.5, 0.6) is 0 Å². The van der Waals surface area contributed by atoms with Gasteiger partial charge in [0.25, 0.3) is 0 Å². The summed E-state index contributed by atoms with van der Waals surface area (Å²) < 4.78 is 4.46. The third kappa shape index (κ3) is 1.90. The van der Waals surface area contributed by atoms with E-state index in [0.717, 1.165) is 11.3 Å². The second-order valence-electron chi connectivity index (χ2n) is 3.21. The number of carbonyl (C=O) groups excluding carboxylic acids is 2. The van der Waals surface area contributed by atoms with Gasteiger partial charge in [0.05, 0.1) is 13.5 Å². The molecule has 0 fully saturated rings. The lowest BCUT2D eigenvalue weighted by Gasteiger charge is -2.05. The molecule has 78 valence electrons. The molecule has 5 nitrogen and oxygen atoms in total. The summed E-state index contributed by atoms with van der Waals surface area (Å²) in [6, 6.07) is 5.22. The lowest BCUT2D eigenvalue weighted by molar-refractivity contribution is -0.115. The smallest absolute Gasteiger partial charge is 0.411 e. The van der Waals surface area contributed by atoms with Gasteiger partial charge >= 0.3 is 6.09 Å². The van der Waals surface area contributed by atoms with Crippen molar-refractivity contribution < 1.29 is 14.3 Å². The molecular formula is C10H10N2O3. The second-order valence-corrected chi connectivity index (χ2v) is 3.21. The van der Waals surface area contributed by atoms with Crippen LogP contribution in [-0.2, 0) is 16.0 Å². The van der Waals surface area contributed by atoms with Gasteiger partial charge in [0.2, 0.25) is 5.91 Å². The van der Waals surface area contributed by atoms with Gasteiger partial charge in [-0.05, 0) is 23.8 Å². The molecule has 1 aliphatic heterocycles. The molecule has 1 heterocycles. The lowest BCUT2D eigenvalue weighted by Crippen LogP contribution is -2.10. The zero-order valence-electron chi connectivity index (χ0n) is 8.16. The molecule has 2 rings (SSSR count). The van der Waals surface area contributed by atoms with Gasteiger partial charge in [0.15, 0.2) is 0 Å². The molecular weight excluding hydrogens is 196 g/mol. The maximum Gasteiger partial charge on any atom is 0.411 e. The zero-order chi connectivity index (χ0) is 10.8. The first-order valence-corrected chi connectivity index (χ1v) is 4.47. The Hall–Kier alpha value is -2.04. The number of rotatable bonds is 1. The van der Waals surface area contributed by atoms with Crippen molar-refractivity contribution in [1.29, 1.82) is 0 Å². The molecule has 1 aliphatic rings. The van der Waals surface area contributed by atoms with E-state index in [-0.39, 0.29) is 5.91 Å². The van der Waals surface area contributed by atoms with Crippen LogP contribution in [0.15, 0.2) is 18.2 Å². The van der Waals surface area contributed by atoms with Crippen molar-refractivity contribution in [3.05, 3.63) is 23.8 Å². The average Bonchev–Trinajstić information content (AvgIpc) is 2.57. The number of fused-ring (bicyclic) bond motifs is 1. The second kappa shape index (κ2) is 3.61. The number of benzene rings is 1. The van der Waals surface area contributed by atoms with Crippen LogP contribution in [-0.4, -0.2) is 19.1 Å². The molecule has 0 atom stereocenters. The van der Waals surface area contributed by atoms with Crippen molar-refractivity contribution >= 4 is 23.4 Å². The van der Waals surface area contributed by atoms with Crippen molar-refractivity contribution in [3.8, 4) is 0 Å². The van der Waals surface area contributed by atoms with Crippen LogP contribution in [0.3, 0.4) is 0 Å². The fraction of sp³-hybridized carbons (Fsp3) is 0.200. The molecule has 5 heteroatoms. The summed E-state index contributed by atoms with van der Waals surface area (Å²) in [5, 5.41) is 5.24. The molecule has 2 N–H and O–H groups in total. The number of methoxy groups -OCH3 is 1. The predicted molar refractivity (Wildman–Crippen MR) is 54.8 cm³/mol. The van der Waals surface area contributed by atoms with Crippen molar-refractivity contribution in [2.75, 3.05) is 17.7 Å². The van der Waals surface area contributed by atoms with Crippen LogP contribution in [0.2, 0.25) is 0 Å². The van der Waals surface area contributed by atoms with E-state index in [1.165, 1.54) is 7.11 Å². The number of anilines is 2. The maximum atomic E-state index is 11.1. The first-order chi connectivity index (χ1) is 7.19. The Bertz CT molecular complexity index is 429. The molecule has 1 aromatic rings. The molecule has 0 aromatic heterocycles. The molecule has 0 saturated heterocycles. The van der Waals surface area contributed by atoms with Crippen LogP contribution >= 0.6 is 0 Å². The molecule has 2 amide bonds. The summed E-state index contributed by atoms with van der Waals surface area (Å²) in [5.74, 6) is -0.0276. The van der Waals surface area contributed by atoms with E-state index in [1.807, 2.05) is 0 Å². The van der Waals surface area contributed by atoms with E-state index in [2.05, 4.69) is 15.4 Å². The van der Waals surface area contributed by atoms with Gasteiger partial charge in [-0.2, -0.15) is 0 Å². The summed E-state index contributed by atoms with van der Waals surface area (Å²) in [4.78, 5) is 22.0. The summed E-state index contributed by atoms with van der Waals surface area (Å²) in [6.07, 6.45) is -0.168. The van der Waals surface area contributed by atoms with Crippen LogP contribution in [0.4, 0.5) is 16.2 Å². The Morgan fingerprint density at radius 2 is 2.33 bits per heavy atom. The molecule has 0 unspecified atom stereocenters. The highest BCUT2D eigenvalue weighted by Crippen LogP contribution is 2.25. The SMILES string of the molecule is COC(=O)Nc1ccc2c(c1)CC(=O)N2. The minimum absolute atomic E-state index is 0.0276. The summed E-state index contributed by atoms with van der Waals surface area (Å²) in [7, 11) is 1.30. The van der Waals surface area contributed by atoms with Crippen molar-refractivity contribution in [2.45, 2.75) is 6.42 Å². The highest BCUT2D eigenvalue weighted by molar-refractivity contribution is 6.00. The lowest BCUT2D eigenvalue weighted by atomic mass is 10.1. The molecule has 0 saturated carbocycles. The van der Waals surface area contributed by atoms with Gasteiger partial charge in [-0.25, -0.2) is 4.79 Å².